The number of hydrogen-bond acceptors (Lipinski definition) is 5. The topological polar surface area (TPSA) is 84.7 Å². The van der Waals surface area contributed by atoms with Gasteiger partial charge in [-0.3, -0.25) is 9.69 Å². The van der Waals surface area contributed by atoms with Gasteiger partial charge in [-0.15, -0.1) is 0 Å². The molecule has 1 aliphatic carbocycles. The maximum atomic E-state index is 12.3. The summed E-state index contributed by atoms with van der Waals surface area (Å²) < 4.78 is 47.3. The first-order valence-corrected chi connectivity index (χ1v) is 8.73. The lowest BCUT2D eigenvalue weighted by Crippen LogP contribution is -2.41. The van der Waals surface area contributed by atoms with Crippen LogP contribution in [-0.4, -0.2) is 42.5 Å². The Hall–Kier alpha value is -3.04. The van der Waals surface area contributed by atoms with Crippen LogP contribution in [0, 0.1) is 0 Å². The van der Waals surface area contributed by atoms with Crippen LogP contribution in [0.1, 0.15) is 17.5 Å². The van der Waals surface area contributed by atoms with Crippen LogP contribution in [0.3, 0.4) is 0 Å². The lowest BCUT2D eigenvalue weighted by molar-refractivity contribution is -0.173. The van der Waals surface area contributed by atoms with Crippen LogP contribution in [0.25, 0.3) is 11.3 Å². The van der Waals surface area contributed by atoms with Gasteiger partial charge in [0.15, 0.2) is 5.76 Å². The van der Waals surface area contributed by atoms with Crippen LogP contribution in [0.4, 0.5) is 23.7 Å². The molecule has 0 unspecified atom stereocenters. The number of carbonyl (C=O) groups excluding carboxylic acids is 2. The van der Waals surface area contributed by atoms with Gasteiger partial charge in [0, 0.05) is 16.8 Å². The predicted molar refractivity (Wildman–Crippen MR) is 90.6 cm³/mol. The van der Waals surface area contributed by atoms with Crippen molar-refractivity contribution in [3.8, 4) is 11.3 Å². The second-order valence-corrected chi connectivity index (χ2v) is 6.70. The zero-order valence-corrected chi connectivity index (χ0v) is 14.6. The van der Waals surface area contributed by atoms with E-state index in [0.717, 1.165) is 41.7 Å². The van der Waals surface area contributed by atoms with Gasteiger partial charge in [-0.05, 0) is 43.0 Å². The molecule has 1 atom stereocenters. The molecule has 0 saturated carbocycles. The number of alkyl halides is 3. The fraction of sp³-hybridized carbons (Fsp3) is 0.389. The normalized spacial score (nSPS) is 18.9. The van der Waals surface area contributed by atoms with Crippen LogP contribution >= 0.6 is 0 Å². The number of anilines is 1. The molecule has 10 heteroatoms. The molecule has 2 aromatic rings. The lowest BCUT2D eigenvalue weighted by Gasteiger charge is -2.16. The highest BCUT2D eigenvalue weighted by molar-refractivity contribution is 5.90. The highest BCUT2D eigenvalue weighted by Gasteiger charge is 2.40. The first-order chi connectivity index (χ1) is 13.3. The quantitative estimate of drug-likeness (QED) is 0.864. The van der Waals surface area contributed by atoms with Crippen molar-refractivity contribution in [2.45, 2.75) is 31.5 Å². The monoisotopic (exact) mass is 395 g/mol. The smallest absolute Gasteiger partial charge is 0.442 e. The van der Waals surface area contributed by atoms with Crippen molar-refractivity contribution in [1.82, 2.24) is 10.5 Å². The van der Waals surface area contributed by atoms with E-state index in [1.165, 1.54) is 4.90 Å². The van der Waals surface area contributed by atoms with Gasteiger partial charge in [0.2, 0.25) is 0 Å². The molecule has 1 saturated heterocycles. The molecule has 1 aromatic heterocycles. The van der Waals surface area contributed by atoms with Gasteiger partial charge in [-0.1, -0.05) is 5.16 Å². The van der Waals surface area contributed by atoms with E-state index in [0.29, 0.717) is 5.69 Å². The number of hydrogen-bond donors (Lipinski definition) is 1. The Morgan fingerprint density at radius 3 is 2.86 bits per heavy atom. The number of aromatic nitrogens is 1. The van der Waals surface area contributed by atoms with Crippen molar-refractivity contribution >= 4 is 17.7 Å². The summed E-state index contributed by atoms with van der Waals surface area (Å²) in [5.74, 6) is -1.34. The molecule has 1 aromatic carbocycles. The van der Waals surface area contributed by atoms with Crippen LogP contribution < -0.4 is 10.2 Å². The van der Waals surface area contributed by atoms with Crippen molar-refractivity contribution in [3.63, 3.8) is 0 Å². The summed E-state index contributed by atoms with van der Waals surface area (Å²) in [6.07, 6.45) is -2.26. The summed E-state index contributed by atoms with van der Waals surface area (Å²) in [6.45, 7) is -0.365. The van der Waals surface area contributed by atoms with E-state index < -0.39 is 30.8 Å². The Balaban J connectivity index is 1.49. The van der Waals surface area contributed by atoms with E-state index in [4.69, 9.17) is 9.26 Å². The van der Waals surface area contributed by atoms with E-state index in [1.807, 2.05) is 12.1 Å². The Labute approximate surface area is 157 Å². The number of aryl methyl sites for hydroxylation is 2. The molecule has 4 rings (SSSR count). The number of cyclic esters (lactones) is 1. The molecule has 0 bridgehead atoms. The van der Waals surface area contributed by atoms with E-state index in [-0.39, 0.29) is 6.54 Å². The summed E-state index contributed by atoms with van der Waals surface area (Å²) in [7, 11) is 0. The van der Waals surface area contributed by atoms with Crippen molar-refractivity contribution in [1.29, 1.82) is 0 Å². The van der Waals surface area contributed by atoms with Crippen LogP contribution in [-0.2, 0) is 22.4 Å². The first-order valence-electron chi connectivity index (χ1n) is 8.73. The minimum atomic E-state index is -4.97. The molecule has 2 aliphatic rings. The van der Waals surface area contributed by atoms with Crippen LogP contribution in [0.2, 0.25) is 0 Å². The maximum Gasteiger partial charge on any atom is 0.471 e. The molecular weight excluding hydrogens is 379 g/mol. The fourth-order valence-electron chi connectivity index (χ4n) is 3.45. The van der Waals surface area contributed by atoms with E-state index >= 15 is 0 Å². The summed E-state index contributed by atoms with van der Waals surface area (Å²) >= 11 is 0. The summed E-state index contributed by atoms with van der Waals surface area (Å²) in [4.78, 5) is 24.4. The second-order valence-electron chi connectivity index (χ2n) is 6.70. The number of benzene rings is 1. The molecule has 0 spiro atoms. The average Bonchev–Trinajstić information content (AvgIpc) is 3.21. The number of carbonyl (C=O) groups is 2. The molecule has 7 nitrogen and oxygen atoms in total. The Kier molecular flexibility index (Phi) is 4.48. The number of amides is 2. The zero-order valence-electron chi connectivity index (χ0n) is 14.6. The number of rotatable bonds is 3. The average molecular weight is 395 g/mol. The Morgan fingerprint density at radius 1 is 1.29 bits per heavy atom. The number of fused-ring (bicyclic) bond motifs is 3. The van der Waals surface area contributed by atoms with Crippen molar-refractivity contribution in [3.05, 3.63) is 35.5 Å². The van der Waals surface area contributed by atoms with Gasteiger partial charge >= 0.3 is 18.2 Å². The van der Waals surface area contributed by atoms with E-state index in [9.17, 15) is 22.8 Å². The number of nitrogens with one attached hydrogen (secondary N) is 1. The minimum Gasteiger partial charge on any atom is -0.442 e. The maximum absolute atomic E-state index is 12.3. The Bertz CT molecular complexity index is 925. The second kappa shape index (κ2) is 6.84. The van der Waals surface area contributed by atoms with E-state index in [1.54, 1.807) is 17.6 Å². The fourth-order valence-corrected chi connectivity index (χ4v) is 3.45. The van der Waals surface area contributed by atoms with Crippen LogP contribution in [0.5, 0.6) is 0 Å². The molecule has 1 fully saturated rings. The van der Waals surface area contributed by atoms with Crippen molar-refractivity contribution < 1.29 is 32.0 Å². The summed E-state index contributed by atoms with van der Waals surface area (Å²) in [5, 5.41) is 5.58. The van der Waals surface area contributed by atoms with Gasteiger partial charge in [0.05, 0.1) is 19.3 Å². The van der Waals surface area contributed by atoms with Gasteiger partial charge in [0.1, 0.15) is 6.10 Å². The number of nitrogens with zero attached hydrogens (tertiary/aromatic N) is 2. The molecular formula is C18H16F3N3O4. The minimum absolute atomic E-state index is 0.0450. The first kappa shape index (κ1) is 18.3. The molecule has 2 heterocycles. The third-order valence-corrected chi connectivity index (χ3v) is 4.80. The Morgan fingerprint density at radius 2 is 2.07 bits per heavy atom. The van der Waals surface area contributed by atoms with E-state index in [2.05, 4.69) is 5.16 Å². The third-order valence-electron chi connectivity index (χ3n) is 4.80. The van der Waals surface area contributed by atoms with Gasteiger partial charge < -0.3 is 14.6 Å². The largest absolute Gasteiger partial charge is 0.471 e. The van der Waals surface area contributed by atoms with Gasteiger partial charge in [0.25, 0.3) is 0 Å². The molecule has 148 valence electrons. The molecule has 28 heavy (non-hydrogen) atoms. The molecule has 0 radical (unpaired) electrons. The predicted octanol–water partition coefficient (Wildman–Crippen LogP) is 2.83. The standard InChI is InChI=1S/C18H16F3N3O4/c19-18(20,21)16(25)22-8-13-9-24(17(26)27-13)12-4-5-14-10(6-12)2-1-3-11-7-23-28-15(11)14/h4-7,13H,1-3,8-9H2,(H,22,25)/t13-/m0/s1. The molecule has 1 N–H and O–H groups in total. The van der Waals surface area contributed by atoms with Crippen molar-refractivity contribution in [2.24, 2.45) is 0 Å². The third kappa shape index (κ3) is 3.41. The number of ether oxygens (including phenoxy) is 1. The van der Waals surface area contributed by atoms with Crippen molar-refractivity contribution in [2.75, 3.05) is 18.0 Å². The molecule has 2 amide bonds. The van der Waals surface area contributed by atoms with Crippen LogP contribution in [0.15, 0.2) is 28.9 Å². The lowest BCUT2D eigenvalue weighted by atomic mass is 10.0. The SMILES string of the molecule is O=C1O[C@@H](CNC(=O)C(F)(F)F)CN1c1ccc2c(c1)CCCc1cnoc1-2. The molecule has 1 aliphatic heterocycles. The van der Waals surface area contributed by atoms with Gasteiger partial charge in [-0.2, -0.15) is 13.2 Å². The number of halogens is 3. The summed E-state index contributed by atoms with van der Waals surface area (Å²) in [5.41, 5.74) is 3.52. The van der Waals surface area contributed by atoms with Gasteiger partial charge in [-0.25, -0.2) is 4.79 Å². The highest BCUT2D eigenvalue weighted by atomic mass is 19.4. The summed E-state index contributed by atoms with van der Waals surface area (Å²) in [6, 6.07) is 5.42. The zero-order chi connectivity index (χ0) is 19.9. The highest BCUT2D eigenvalue weighted by Crippen LogP contribution is 2.35.